The largest absolute Gasteiger partial charge is 0.493 e. The van der Waals surface area contributed by atoms with E-state index in [9.17, 15) is 4.79 Å². The second-order valence-electron chi connectivity index (χ2n) is 7.55. The third-order valence-electron chi connectivity index (χ3n) is 5.13. The van der Waals surface area contributed by atoms with E-state index in [-0.39, 0.29) is 5.91 Å². The van der Waals surface area contributed by atoms with Gasteiger partial charge in [0.15, 0.2) is 11.5 Å². The van der Waals surface area contributed by atoms with Crippen LogP contribution >= 0.6 is 24.0 Å². The van der Waals surface area contributed by atoms with Crippen molar-refractivity contribution in [2.24, 2.45) is 0 Å². The highest BCUT2D eigenvalue weighted by atomic mass is 32.2. The Kier molecular flexibility index (Phi) is 9.56. The van der Waals surface area contributed by atoms with E-state index in [2.05, 4.69) is 20.4 Å². The number of hydrogen-bond donors (Lipinski definition) is 0. The fraction of sp³-hybridized carbons (Fsp3) is 0.308. The highest BCUT2D eigenvalue weighted by molar-refractivity contribution is 8.26. The molecule has 0 aromatic heterocycles. The number of aryl methyl sites for hydroxylation is 2. The van der Waals surface area contributed by atoms with Crippen LogP contribution < -0.4 is 14.2 Å². The summed E-state index contributed by atoms with van der Waals surface area (Å²) in [7, 11) is 1.58. The van der Waals surface area contributed by atoms with E-state index in [1.807, 2.05) is 36.4 Å². The van der Waals surface area contributed by atoms with Crippen molar-refractivity contribution in [3.63, 3.8) is 0 Å². The van der Waals surface area contributed by atoms with Crippen LogP contribution in [0.25, 0.3) is 6.08 Å². The Hall–Kier alpha value is -2.81. The highest BCUT2D eigenvalue weighted by Crippen LogP contribution is 2.34. The van der Waals surface area contributed by atoms with Gasteiger partial charge >= 0.3 is 0 Å². The van der Waals surface area contributed by atoms with Gasteiger partial charge in [0.2, 0.25) is 0 Å². The molecule has 34 heavy (non-hydrogen) atoms. The van der Waals surface area contributed by atoms with Crippen LogP contribution in [0.2, 0.25) is 0 Å². The average Bonchev–Trinajstić information content (AvgIpc) is 3.08. The number of benzene rings is 2. The molecular formula is C26H29NO5S2. The van der Waals surface area contributed by atoms with Crippen molar-refractivity contribution in [3.8, 4) is 17.2 Å². The van der Waals surface area contributed by atoms with Crippen molar-refractivity contribution in [2.75, 3.05) is 40.1 Å². The lowest BCUT2D eigenvalue weighted by molar-refractivity contribution is -0.121. The molecule has 0 radical (unpaired) electrons. The average molecular weight is 500 g/mol. The van der Waals surface area contributed by atoms with E-state index in [1.54, 1.807) is 19.3 Å². The number of methoxy groups -OCH3 is 1. The van der Waals surface area contributed by atoms with Crippen molar-refractivity contribution in [1.29, 1.82) is 0 Å². The van der Waals surface area contributed by atoms with Gasteiger partial charge in [-0.25, -0.2) is 0 Å². The quantitative estimate of drug-likeness (QED) is 0.173. The van der Waals surface area contributed by atoms with Crippen molar-refractivity contribution in [3.05, 3.63) is 70.6 Å². The summed E-state index contributed by atoms with van der Waals surface area (Å²) in [4.78, 5) is 14.6. The molecule has 8 heteroatoms. The molecule has 1 aliphatic rings. The minimum atomic E-state index is -0.118. The highest BCUT2D eigenvalue weighted by Gasteiger charge is 2.31. The van der Waals surface area contributed by atoms with E-state index < -0.39 is 0 Å². The van der Waals surface area contributed by atoms with Gasteiger partial charge in [0.25, 0.3) is 5.91 Å². The fourth-order valence-corrected chi connectivity index (χ4v) is 4.44. The monoisotopic (exact) mass is 499 g/mol. The molecule has 0 spiro atoms. The van der Waals surface area contributed by atoms with Gasteiger partial charge in [-0.2, -0.15) is 0 Å². The number of carbonyl (C=O) groups excluding carboxylic acids is 1. The number of thioether (sulfide) groups is 1. The van der Waals surface area contributed by atoms with Crippen LogP contribution in [0.15, 0.2) is 54.0 Å². The van der Waals surface area contributed by atoms with E-state index >= 15 is 0 Å². The predicted octanol–water partition coefficient (Wildman–Crippen LogP) is 5.17. The summed E-state index contributed by atoms with van der Waals surface area (Å²) in [6.45, 7) is 9.95. The second-order valence-corrected chi connectivity index (χ2v) is 9.22. The molecular weight excluding hydrogens is 470 g/mol. The van der Waals surface area contributed by atoms with Crippen LogP contribution in [0.5, 0.6) is 17.2 Å². The molecule has 3 rings (SSSR count). The van der Waals surface area contributed by atoms with Gasteiger partial charge in [-0.1, -0.05) is 42.2 Å². The molecule has 0 bridgehead atoms. The number of nitrogens with zero attached hydrogens (tertiary/aromatic N) is 1. The summed E-state index contributed by atoms with van der Waals surface area (Å²) >= 11 is 6.56. The number of ether oxygens (including phenoxy) is 4. The SMILES string of the molecule is C=CCN1C(=O)/C(=C\c2ccc(OCCOCCOc3ccc(C)c(C)c3)c(OC)c2)SC1=S. The molecule has 2 aromatic rings. The summed E-state index contributed by atoms with van der Waals surface area (Å²) < 4.78 is 23.1. The van der Waals surface area contributed by atoms with Gasteiger partial charge in [-0.15, -0.1) is 6.58 Å². The van der Waals surface area contributed by atoms with Crippen molar-refractivity contribution >= 4 is 40.3 Å². The van der Waals surface area contributed by atoms with Gasteiger partial charge < -0.3 is 18.9 Å². The Morgan fingerprint density at radius 3 is 2.47 bits per heavy atom. The number of hydrogen-bond acceptors (Lipinski definition) is 7. The van der Waals surface area contributed by atoms with Gasteiger partial charge in [0, 0.05) is 6.54 Å². The molecule has 1 heterocycles. The van der Waals surface area contributed by atoms with Crippen molar-refractivity contribution < 1.29 is 23.7 Å². The first-order valence-electron chi connectivity index (χ1n) is 10.9. The first-order valence-corrected chi connectivity index (χ1v) is 12.1. The third kappa shape index (κ3) is 6.85. The van der Waals surface area contributed by atoms with Gasteiger partial charge in [-0.3, -0.25) is 9.69 Å². The van der Waals surface area contributed by atoms with Crippen molar-refractivity contribution in [2.45, 2.75) is 13.8 Å². The maximum atomic E-state index is 12.5. The summed E-state index contributed by atoms with van der Waals surface area (Å²) in [6, 6.07) is 11.6. The zero-order chi connectivity index (χ0) is 24.5. The van der Waals surface area contributed by atoms with Crippen LogP contribution in [0.1, 0.15) is 16.7 Å². The molecule has 1 fully saturated rings. The summed E-state index contributed by atoms with van der Waals surface area (Å²) in [5, 5.41) is 0. The van der Waals surface area contributed by atoms with Gasteiger partial charge in [-0.05, 0) is 60.9 Å². The zero-order valence-electron chi connectivity index (χ0n) is 19.7. The number of thiocarbonyl (C=S) groups is 1. The van der Waals surface area contributed by atoms with E-state index in [0.29, 0.717) is 53.7 Å². The lowest BCUT2D eigenvalue weighted by atomic mass is 10.1. The predicted molar refractivity (Wildman–Crippen MR) is 141 cm³/mol. The maximum absolute atomic E-state index is 12.5. The topological polar surface area (TPSA) is 57.2 Å². The Morgan fingerprint density at radius 1 is 1.00 bits per heavy atom. The molecule has 0 saturated carbocycles. The molecule has 0 aliphatic carbocycles. The van der Waals surface area contributed by atoms with Crippen LogP contribution in [0, 0.1) is 13.8 Å². The van der Waals surface area contributed by atoms with E-state index in [4.69, 9.17) is 31.2 Å². The zero-order valence-corrected chi connectivity index (χ0v) is 21.3. The van der Waals surface area contributed by atoms with Gasteiger partial charge in [0.05, 0.1) is 25.2 Å². The molecule has 0 N–H and O–H groups in total. The molecule has 2 aromatic carbocycles. The number of carbonyl (C=O) groups is 1. The molecule has 6 nitrogen and oxygen atoms in total. The molecule has 0 atom stereocenters. The Labute approximate surface area is 210 Å². The molecule has 1 amide bonds. The van der Waals surface area contributed by atoms with Crippen LogP contribution in [0.3, 0.4) is 0 Å². The smallest absolute Gasteiger partial charge is 0.266 e. The maximum Gasteiger partial charge on any atom is 0.266 e. The Bertz CT molecular complexity index is 1080. The van der Waals surface area contributed by atoms with Crippen molar-refractivity contribution in [1.82, 2.24) is 4.90 Å². The summed E-state index contributed by atoms with van der Waals surface area (Å²) in [5.74, 6) is 1.91. The first-order chi connectivity index (χ1) is 16.4. The Balaban J connectivity index is 1.45. The molecule has 1 aliphatic heterocycles. The lowest BCUT2D eigenvalue weighted by Crippen LogP contribution is -2.27. The van der Waals surface area contributed by atoms with Crippen LogP contribution in [-0.2, 0) is 9.53 Å². The second kappa shape index (κ2) is 12.6. The normalized spacial score (nSPS) is 14.6. The molecule has 1 saturated heterocycles. The standard InChI is InChI=1S/C26H29NO5S2/c1-5-10-27-25(28)24(34-26(27)33)17-20-7-9-22(23(16-20)29-4)32-14-12-30-11-13-31-21-8-6-18(2)19(3)15-21/h5-9,15-17H,1,10-14H2,2-4H3/b24-17+. The van der Waals surface area contributed by atoms with Gasteiger partial charge in [0.1, 0.15) is 23.3 Å². The minimum Gasteiger partial charge on any atom is -0.493 e. The van der Waals surface area contributed by atoms with Crippen LogP contribution in [-0.4, -0.2) is 55.2 Å². The fourth-order valence-electron chi connectivity index (χ4n) is 3.17. The summed E-state index contributed by atoms with van der Waals surface area (Å²) in [6.07, 6.45) is 3.46. The summed E-state index contributed by atoms with van der Waals surface area (Å²) in [5.41, 5.74) is 3.27. The lowest BCUT2D eigenvalue weighted by Gasteiger charge is -2.12. The van der Waals surface area contributed by atoms with E-state index in [0.717, 1.165) is 11.3 Å². The third-order valence-corrected chi connectivity index (χ3v) is 6.51. The van der Waals surface area contributed by atoms with Crippen LogP contribution in [0.4, 0.5) is 0 Å². The van der Waals surface area contributed by atoms with E-state index in [1.165, 1.54) is 27.8 Å². The minimum absolute atomic E-state index is 0.118. The Morgan fingerprint density at radius 2 is 1.76 bits per heavy atom. The number of rotatable bonds is 12. The molecule has 0 unspecified atom stereocenters. The first kappa shape index (κ1) is 25.8. The number of amides is 1. The molecule has 180 valence electrons.